The van der Waals surface area contributed by atoms with Crippen molar-refractivity contribution >= 4 is 17.1 Å². The Kier molecular flexibility index (Phi) is 3.48. The molecule has 0 radical (unpaired) electrons. The van der Waals surface area contributed by atoms with Gasteiger partial charge < -0.3 is 9.64 Å². The SMILES string of the molecule is COc1cc2c3c(c1)C(C)(C)c1cc(C)cc4c1N3c1c(cc(C)cc1C2(C)C)C4(C)C. The standard InChI is InChI=1S/C30H33NO/c1-16-10-19-25-21(12-16)29(5,6)23-14-18(32-9)15-24-27(23)31(25)26-20(28(19,3)4)11-17(2)13-22(26)30(24,7)8/h10-15H,1-9H3. The normalized spacial score (nSPS) is 19.5. The third-order valence-corrected chi connectivity index (χ3v) is 8.54. The number of methoxy groups -OCH3 is 1. The van der Waals surface area contributed by atoms with Crippen LogP contribution in [0.5, 0.6) is 5.75 Å². The Labute approximate surface area is 192 Å². The molecule has 0 aromatic heterocycles. The molecule has 32 heavy (non-hydrogen) atoms. The van der Waals surface area contributed by atoms with Crippen molar-refractivity contribution in [3.05, 3.63) is 80.9 Å². The van der Waals surface area contributed by atoms with Gasteiger partial charge >= 0.3 is 0 Å². The predicted molar refractivity (Wildman–Crippen MR) is 134 cm³/mol. The van der Waals surface area contributed by atoms with Crippen LogP contribution in [0.1, 0.15) is 86.1 Å². The van der Waals surface area contributed by atoms with Gasteiger partial charge in [-0.3, -0.25) is 0 Å². The van der Waals surface area contributed by atoms with Gasteiger partial charge in [0.1, 0.15) is 5.75 Å². The summed E-state index contributed by atoms with van der Waals surface area (Å²) in [5.41, 5.74) is 15.0. The van der Waals surface area contributed by atoms with Gasteiger partial charge in [-0.05, 0) is 59.4 Å². The van der Waals surface area contributed by atoms with Gasteiger partial charge in [-0.2, -0.15) is 0 Å². The van der Waals surface area contributed by atoms with Crippen LogP contribution < -0.4 is 9.64 Å². The van der Waals surface area contributed by atoms with E-state index in [4.69, 9.17) is 4.74 Å². The van der Waals surface area contributed by atoms with Gasteiger partial charge in [0.15, 0.2) is 0 Å². The zero-order valence-corrected chi connectivity index (χ0v) is 20.8. The number of anilines is 3. The minimum Gasteiger partial charge on any atom is -0.497 e. The third-order valence-electron chi connectivity index (χ3n) is 8.54. The van der Waals surface area contributed by atoms with Gasteiger partial charge in [-0.25, -0.2) is 0 Å². The van der Waals surface area contributed by atoms with Crippen LogP contribution in [0.2, 0.25) is 0 Å². The highest BCUT2D eigenvalue weighted by Crippen LogP contribution is 2.66. The van der Waals surface area contributed by atoms with Crippen LogP contribution in [0.15, 0.2) is 36.4 Å². The van der Waals surface area contributed by atoms with Gasteiger partial charge in [0.2, 0.25) is 0 Å². The number of aryl methyl sites for hydroxylation is 2. The van der Waals surface area contributed by atoms with Gasteiger partial charge in [-0.15, -0.1) is 0 Å². The van der Waals surface area contributed by atoms with E-state index < -0.39 is 0 Å². The highest BCUT2D eigenvalue weighted by atomic mass is 16.5. The second-order valence-corrected chi connectivity index (χ2v) is 11.7. The van der Waals surface area contributed by atoms with Crippen LogP contribution in [-0.4, -0.2) is 7.11 Å². The molecule has 3 aliphatic heterocycles. The maximum atomic E-state index is 5.84. The first kappa shape index (κ1) is 19.9. The molecule has 0 saturated carbocycles. The van der Waals surface area contributed by atoms with Crippen molar-refractivity contribution in [3.8, 4) is 5.75 Å². The topological polar surface area (TPSA) is 12.5 Å². The van der Waals surface area contributed by atoms with Crippen molar-refractivity contribution in [2.45, 2.75) is 71.6 Å². The number of benzene rings is 3. The van der Waals surface area contributed by atoms with E-state index in [0.717, 1.165) is 5.75 Å². The molecule has 0 aliphatic carbocycles. The van der Waals surface area contributed by atoms with E-state index >= 15 is 0 Å². The van der Waals surface area contributed by atoms with E-state index in [-0.39, 0.29) is 16.2 Å². The Morgan fingerprint density at radius 2 is 0.812 bits per heavy atom. The Hall–Kier alpha value is -2.74. The predicted octanol–water partition coefficient (Wildman–Crippen LogP) is 7.70. The maximum Gasteiger partial charge on any atom is 0.119 e. The molecule has 0 fully saturated rings. The van der Waals surface area contributed by atoms with Gasteiger partial charge in [0.25, 0.3) is 0 Å². The van der Waals surface area contributed by atoms with E-state index in [1.54, 1.807) is 7.11 Å². The molecule has 0 atom stereocenters. The van der Waals surface area contributed by atoms with Crippen molar-refractivity contribution in [2.24, 2.45) is 0 Å². The average molecular weight is 424 g/mol. The van der Waals surface area contributed by atoms with Crippen LogP contribution in [0.25, 0.3) is 0 Å². The molecule has 0 saturated heterocycles. The molecular weight excluding hydrogens is 390 g/mol. The van der Waals surface area contributed by atoms with E-state index in [1.807, 2.05) is 0 Å². The van der Waals surface area contributed by atoms with Crippen molar-refractivity contribution in [1.82, 2.24) is 0 Å². The summed E-state index contributed by atoms with van der Waals surface area (Å²) in [7, 11) is 1.79. The molecule has 2 nitrogen and oxygen atoms in total. The molecule has 0 spiro atoms. The summed E-state index contributed by atoms with van der Waals surface area (Å²) < 4.78 is 5.84. The largest absolute Gasteiger partial charge is 0.497 e. The van der Waals surface area contributed by atoms with Crippen molar-refractivity contribution in [1.29, 1.82) is 0 Å². The van der Waals surface area contributed by atoms with Gasteiger partial charge in [0, 0.05) is 16.2 Å². The van der Waals surface area contributed by atoms with Crippen molar-refractivity contribution in [3.63, 3.8) is 0 Å². The minimum atomic E-state index is -0.114. The summed E-state index contributed by atoms with van der Waals surface area (Å²) in [4.78, 5) is 2.61. The molecule has 3 aliphatic rings. The maximum absolute atomic E-state index is 5.84. The molecule has 3 aromatic carbocycles. The number of ether oxygens (including phenoxy) is 1. The lowest BCUT2D eigenvalue weighted by Gasteiger charge is -2.55. The lowest BCUT2D eigenvalue weighted by atomic mass is 9.60. The summed E-state index contributed by atoms with van der Waals surface area (Å²) in [6.07, 6.45) is 0. The first-order chi connectivity index (χ1) is 14.9. The molecule has 0 amide bonds. The van der Waals surface area contributed by atoms with Crippen molar-refractivity contribution < 1.29 is 4.74 Å². The Morgan fingerprint density at radius 3 is 1.09 bits per heavy atom. The van der Waals surface area contributed by atoms with Crippen LogP contribution in [0.3, 0.4) is 0 Å². The second-order valence-electron chi connectivity index (χ2n) is 11.7. The van der Waals surface area contributed by atoms with E-state index in [1.165, 1.54) is 61.6 Å². The highest BCUT2D eigenvalue weighted by molar-refractivity contribution is 5.98. The number of hydrogen-bond donors (Lipinski definition) is 0. The summed E-state index contributed by atoms with van der Waals surface area (Å²) in [6.45, 7) is 18.8. The molecule has 0 bridgehead atoms. The zero-order chi connectivity index (χ0) is 23.0. The van der Waals surface area contributed by atoms with E-state index in [9.17, 15) is 0 Å². The van der Waals surface area contributed by atoms with E-state index in [0.29, 0.717) is 0 Å². The van der Waals surface area contributed by atoms with Crippen LogP contribution >= 0.6 is 0 Å². The molecular formula is C30H33NO. The monoisotopic (exact) mass is 423 g/mol. The van der Waals surface area contributed by atoms with Crippen LogP contribution in [0, 0.1) is 13.8 Å². The van der Waals surface area contributed by atoms with Crippen LogP contribution in [0.4, 0.5) is 17.1 Å². The summed E-state index contributed by atoms with van der Waals surface area (Å²) >= 11 is 0. The second kappa shape index (κ2) is 5.60. The Bertz CT molecular complexity index is 1260. The zero-order valence-electron chi connectivity index (χ0n) is 20.8. The molecule has 0 N–H and O–H groups in total. The fraction of sp³-hybridized carbons (Fsp3) is 0.400. The third kappa shape index (κ3) is 2.07. The highest BCUT2D eigenvalue weighted by Gasteiger charge is 2.52. The fourth-order valence-corrected chi connectivity index (χ4v) is 6.64. The summed E-state index contributed by atoms with van der Waals surface area (Å²) in [6, 6.07) is 14.2. The van der Waals surface area contributed by atoms with Crippen molar-refractivity contribution in [2.75, 3.05) is 12.0 Å². The fourth-order valence-electron chi connectivity index (χ4n) is 6.64. The number of hydrogen-bond acceptors (Lipinski definition) is 2. The minimum absolute atomic E-state index is 0.0592. The Balaban J connectivity index is 1.89. The first-order valence-corrected chi connectivity index (χ1v) is 11.7. The van der Waals surface area contributed by atoms with Crippen LogP contribution in [-0.2, 0) is 16.2 Å². The lowest BCUT2D eigenvalue weighted by molar-refractivity contribution is 0.411. The van der Waals surface area contributed by atoms with Gasteiger partial charge in [0.05, 0.1) is 24.2 Å². The quantitative estimate of drug-likeness (QED) is 0.397. The summed E-state index contributed by atoms with van der Waals surface area (Å²) in [5, 5.41) is 0. The molecule has 2 heteroatoms. The molecule has 6 rings (SSSR count). The molecule has 164 valence electrons. The van der Waals surface area contributed by atoms with Gasteiger partial charge in [-0.1, -0.05) is 76.9 Å². The lowest BCUT2D eigenvalue weighted by Crippen LogP contribution is -2.43. The number of rotatable bonds is 1. The molecule has 0 unspecified atom stereocenters. The average Bonchev–Trinajstić information content (AvgIpc) is 2.72. The first-order valence-electron chi connectivity index (χ1n) is 11.7. The number of nitrogens with zero attached hydrogens (tertiary/aromatic N) is 1. The van der Waals surface area contributed by atoms with E-state index in [2.05, 4.69) is 96.7 Å². The summed E-state index contributed by atoms with van der Waals surface area (Å²) in [5.74, 6) is 0.949. The smallest absolute Gasteiger partial charge is 0.119 e. The Morgan fingerprint density at radius 1 is 0.531 bits per heavy atom. The molecule has 3 heterocycles. The molecule has 3 aromatic rings.